The highest BCUT2D eigenvalue weighted by atomic mass is 16.3. The average Bonchev–Trinajstić information content (AvgIpc) is 3.69. The molecular formula is C64H64BN3O. The van der Waals surface area contributed by atoms with Crippen molar-refractivity contribution in [2.24, 2.45) is 0 Å². The molecule has 2 aliphatic heterocycles. The molecule has 0 fully saturated rings. The number of hydrogen-bond acceptors (Lipinski definition) is 4. The summed E-state index contributed by atoms with van der Waals surface area (Å²) in [5, 5.41) is 3.54. The Bertz CT molecular complexity index is 3430. The normalized spacial score (nSPS) is 13.7. The highest BCUT2D eigenvalue weighted by molar-refractivity contribution is 7.00. The lowest BCUT2D eigenvalue weighted by atomic mass is 9.35. The molecule has 11 rings (SSSR count). The predicted molar refractivity (Wildman–Crippen MR) is 297 cm³/mol. The third-order valence-electron chi connectivity index (χ3n) is 14.6. The summed E-state index contributed by atoms with van der Waals surface area (Å²) < 4.78 is 7.40. The van der Waals surface area contributed by atoms with Crippen LogP contribution in [0.2, 0.25) is 0 Å². The van der Waals surface area contributed by atoms with Crippen molar-refractivity contribution in [1.82, 2.24) is 0 Å². The molecule has 3 heterocycles. The molecule has 2 aliphatic rings. The van der Waals surface area contributed by atoms with Crippen molar-refractivity contribution in [3.05, 3.63) is 192 Å². The van der Waals surface area contributed by atoms with Crippen LogP contribution in [0.25, 0.3) is 21.7 Å². The van der Waals surface area contributed by atoms with Gasteiger partial charge in [0.25, 0.3) is 6.71 Å². The Labute approximate surface area is 410 Å². The van der Waals surface area contributed by atoms with E-state index in [1.165, 1.54) is 44.0 Å². The Morgan fingerprint density at radius 1 is 0.406 bits per heavy atom. The fourth-order valence-electron chi connectivity index (χ4n) is 10.6. The summed E-state index contributed by atoms with van der Waals surface area (Å²) in [6.07, 6.45) is 0. The van der Waals surface area contributed by atoms with Crippen LogP contribution in [-0.2, 0) is 21.7 Å². The summed E-state index contributed by atoms with van der Waals surface area (Å²) in [6, 6.07) is 63.9. The molecule has 0 atom stereocenters. The second-order valence-corrected chi connectivity index (χ2v) is 23.6. The van der Waals surface area contributed by atoms with Crippen LogP contribution in [-0.4, -0.2) is 6.71 Å². The van der Waals surface area contributed by atoms with Gasteiger partial charge in [-0.25, -0.2) is 0 Å². The van der Waals surface area contributed by atoms with Crippen LogP contribution in [0, 0.1) is 0 Å². The van der Waals surface area contributed by atoms with Crippen molar-refractivity contribution in [1.29, 1.82) is 0 Å². The van der Waals surface area contributed by atoms with E-state index in [2.05, 4.69) is 268 Å². The first-order chi connectivity index (χ1) is 32.7. The highest BCUT2D eigenvalue weighted by Crippen LogP contribution is 2.51. The summed E-state index contributed by atoms with van der Waals surface area (Å²) in [5.41, 5.74) is 19.4. The van der Waals surface area contributed by atoms with Crippen LogP contribution in [0.4, 0.5) is 51.2 Å². The van der Waals surface area contributed by atoms with Crippen LogP contribution >= 0.6 is 0 Å². The van der Waals surface area contributed by atoms with Gasteiger partial charge < -0.3 is 19.1 Å². The Morgan fingerprint density at radius 2 is 0.928 bits per heavy atom. The van der Waals surface area contributed by atoms with Crippen LogP contribution in [0.1, 0.15) is 105 Å². The SMILES string of the molecule is CC(C)(C)c1ccc(N2c3ccc(C(C)(C)C)cc3B3c4oc5ccc(C(C)(C)C)cc5c4N(c4ccc(C(C)(C)C)cc4)c4cc(N(c5ccccc5)c5ccc6ccccc6c5)cc2c43)cc1. The second-order valence-electron chi connectivity index (χ2n) is 23.6. The fraction of sp³-hybridized carbons (Fsp3) is 0.250. The zero-order chi connectivity index (χ0) is 48.4. The van der Waals surface area contributed by atoms with E-state index in [0.29, 0.717) is 0 Å². The van der Waals surface area contributed by atoms with Crippen molar-refractivity contribution in [2.45, 2.75) is 105 Å². The van der Waals surface area contributed by atoms with Gasteiger partial charge in [0, 0.05) is 45.2 Å². The minimum absolute atomic E-state index is 0.00668. The molecule has 0 aliphatic carbocycles. The summed E-state index contributed by atoms with van der Waals surface area (Å²) in [4.78, 5) is 7.50. The predicted octanol–water partition coefficient (Wildman–Crippen LogP) is 16.3. The smallest absolute Gasteiger partial charge is 0.297 e. The van der Waals surface area contributed by atoms with Gasteiger partial charge in [0.05, 0.1) is 17.0 Å². The lowest BCUT2D eigenvalue weighted by molar-refractivity contribution is 0.590. The topological polar surface area (TPSA) is 22.9 Å². The molecular weight excluding hydrogens is 838 g/mol. The molecule has 0 N–H and O–H groups in total. The van der Waals surface area contributed by atoms with E-state index in [9.17, 15) is 0 Å². The van der Waals surface area contributed by atoms with E-state index in [1.54, 1.807) is 0 Å². The summed E-state index contributed by atoms with van der Waals surface area (Å²) in [7, 11) is 0. The summed E-state index contributed by atoms with van der Waals surface area (Å²) in [5.74, 6) is 0. The molecule has 0 bridgehead atoms. The average molecular weight is 902 g/mol. The monoisotopic (exact) mass is 902 g/mol. The summed E-state index contributed by atoms with van der Waals surface area (Å²) >= 11 is 0. The quantitative estimate of drug-likeness (QED) is 0.161. The number of rotatable bonds is 5. The Kier molecular flexibility index (Phi) is 10.2. The first-order valence-electron chi connectivity index (χ1n) is 24.8. The minimum atomic E-state index is -0.192. The molecule has 0 saturated heterocycles. The van der Waals surface area contributed by atoms with Crippen molar-refractivity contribution in [3.63, 3.8) is 0 Å². The molecule has 0 spiro atoms. The first-order valence-corrected chi connectivity index (χ1v) is 24.8. The Morgan fingerprint density at radius 3 is 1.54 bits per heavy atom. The van der Waals surface area contributed by atoms with Crippen molar-refractivity contribution in [3.8, 4) is 0 Å². The molecule has 69 heavy (non-hydrogen) atoms. The Balaban J connectivity index is 1.29. The molecule has 0 saturated carbocycles. The number of nitrogens with zero attached hydrogens (tertiary/aromatic N) is 3. The van der Waals surface area contributed by atoms with Gasteiger partial charge in [-0.1, -0.05) is 174 Å². The van der Waals surface area contributed by atoms with Gasteiger partial charge in [-0.2, -0.15) is 0 Å². The number of furan rings is 1. The number of anilines is 9. The van der Waals surface area contributed by atoms with Gasteiger partial charge in [-0.3, -0.25) is 0 Å². The second kappa shape index (κ2) is 15.8. The van der Waals surface area contributed by atoms with Gasteiger partial charge in [0.15, 0.2) is 0 Å². The standard InChI is InChI=1S/C64H64BN3O/c1-61(2,3)43-23-30-48(31-24-43)67-54-34-27-46(64(10,11)12)38-53(54)65-58-55(67)39-51(66(47-20-14-13-15-21-47)50-29-22-41-18-16-17-19-42(41)36-50)40-56(58)68(49-32-25-44(26-33-49)62(4,5)6)59-52-37-45(63(7,8)9)28-35-57(52)69-60(59)65/h13-40H,1-12H3. The third kappa shape index (κ3) is 7.62. The van der Waals surface area contributed by atoms with Crippen LogP contribution in [0.15, 0.2) is 174 Å². The van der Waals surface area contributed by atoms with E-state index in [1.807, 2.05) is 0 Å². The van der Waals surface area contributed by atoms with E-state index in [4.69, 9.17) is 4.42 Å². The minimum Gasteiger partial charge on any atom is -0.468 e. The van der Waals surface area contributed by atoms with Gasteiger partial charge in [0.2, 0.25) is 0 Å². The maximum Gasteiger partial charge on any atom is 0.297 e. The van der Waals surface area contributed by atoms with Gasteiger partial charge in [-0.15, -0.1) is 0 Å². The molecule has 8 aromatic carbocycles. The maximum absolute atomic E-state index is 7.40. The number of fused-ring (bicyclic) bond motifs is 7. The maximum atomic E-state index is 7.40. The largest absolute Gasteiger partial charge is 0.468 e. The van der Waals surface area contributed by atoms with E-state index in [-0.39, 0.29) is 28.4 Å². The number of hydrogen-bond donors (Lipinski definition) is 0. The summed E-state index contributed by atoms with van der Waals surface area (Å²) in [6.45, 7) is 27.4. The molecule has 4 nitrogen and oxygen atoms in total. The molecule has 1 aromatic heterocycles. The van der Waals surface area contributed by atoms with Gasteiger partial charge in [0.1, 0.15) is 5.58 Å². The van der Waals surface area contributed by atoms with Crippen molar-refractivity contribution < 1.29 is 4.42 Å². The lowest BCUT2D eigenvalue weighted by Gasteiger charge is -2.44. The van der Waals surface area contributed by atoms with E-state index < -0.39 is 0 Å². The molecule has 9 aromatic rings. The third-order valence-corrected chi connectivity index (χ3v) is 14.6. The van der Waals surface area contributed by atoms with E-state index in [0.717, 1.165) is 67.8 Å². The van der Waals surface area contributed by atoms with Crippen LogP contribution in [0.3, 0.4) is 0 Å². The molecule has 5 heteroatoms. The van der Waals surface area contributed by atoms with Gasteiger partial charge >= 0.3 is 0 Å². The first kappa shape index (κ1) is 44.5. The molecule has 0 amide bonds. The molecule has 0 radical (unpaired) electrons. The Hall–Kier alpha value is -6.98. The van der Waals surface area contributed by atoms with E-state index >= 15 is 0 Å². The number of para-hydroxylation sites is 1. The fourth-order valence-corrected chi connectivity index (χ4v) is 10.6. The van der Waals surface area contributed by atoms with Crippen LogP contribution < -0.4 is 31.3 Å². The van der Waals surface area contributed by atoms with Crippen molar-refractivity contribution >= 4 is 96.2 Å². The van der Waals surface area contributed by atoms with Crippen molar-refractivity contribution in [2.75, 3.05) is 14.7 Å². The zero-order valence-electron chi connectivity index (χ0n) is 42.5. The molecule has 0 unspecified atom stereocenters. The highest BCUT2D eigenvalue weighted by Gasteiger charge is 2.48. The number of benzene rings is 8. The lowest BCUT2D eigenvalue weighted by Crippen LogP contribution is -2.61. The molecule has 344 valence electrons. The zero-order valence-corrected chi connectivity index (χ0v) is 42.5. The van der Waals surface area contributed by atoms with Gasteiger partial charge in [-0.05, 0) is 144 Å². The van der Waals surface area contributed by atoms with Crippen LogP contribution in [0.5, 0.6) is 0 Å².